The van der Waals surface area contributed by atoms with Crippen molar-refractivity contribution in [2.75, 3.05) is 0 Å². The Kier molecular flexibility index (Phi) is 4.05. The van der Waals surface area contributed by atoms with Gasteiger partial charge < -0.3 is 3.48 Å². The first-order valence-corrected chi connectivity index (χ1v) is 8.34. The van der Waals surface area contributed by atoms with Gasteiger partial charge in [-0.15, -0.1) is 0 Å². The van der Waals surface area contributed by atoms with Crippen LogP contribution in [0.15, 0.2) is 0 Å². The van der Waals surface area contributed by atoms with Gasteiger partial charge in [0.25, 0.3) is 0 Å². The van der Waals surface area contributed by atoms with Crippen LogP contribution in [-0.2, 0) is 3.48 Å². The minimum atomic E-state index is -0.667. The third-order valence-electron chi connectivity index (χ3n) is 0.544. The molecule has 0 radical (unpaired) electrons. The molecule has 0 aliphatic rings. The molecular weight excluding hydrogens is 119 g/mol. The highest BCUT2D eigenvalue weighted by Gasteiger charge is 2.04. The summed E-state index contributed by atoms with van der Waals surface area (Å²) in [5, 5.41) is 0. The summed E-state index contributed by atoms with van der Waals surface area (Å²) in [6.45, 7) is 4.43. The highest BCUT2D eigenvalue weighted by molar-refractivity contribution is 6.63. The summed E-state index contributed by atoms with van der Waals surface area (Å²) in [5.74, 6) is 4.43. The third-order valence-corrected chi connectivity index (χ3v) is 4.90. The maximum atomic E-state index is 5.53. The van der Waals surface area contributed by atoms with Crippen LogP contribution in [-0.4, -0.2) is 23.5 Å². The Morgan fingerprint density at radius 3 is 1.71 bits per heavy atom. The smallest absolute Gasteiger partial charge is 0.442 e. The molecule has 7 heavy (non-hydrogen) atoms. The van der Waals surface area contributed by atoms with Gasteiger partial charge >= 0.3 is 14.5 Å². The van der Waals surface area contributed by atoms with Gasteiger partial charge in [0, 0.05) is 0 Å². The summed E-state index contributed by atoms with van der Waals surface area (Å²) in [4.78, 5) is 0. The van der Waals surface area contributed by atoms with Gasteiger partial charge in [-0.25, -0.2) is 0 Å². The second-order valence-electron chi connectivity index (χ2n) is 2.23. The maximum Gasteiger partial charge on any atom is 0.442 e. The Labute approximate surface area is 52.1 Å². The molecule has 3 heteroatoms. The Morgan fingerprint density at radius 1 is 1.29 bits per heavy atom. The lowest BCUT2D eigenvalue weighted by Crippen LogP contribution is -2.17. The summed E-state index contributed by atoms with van der Waals surface area (Å²) < 4.78 is 5.53. The molecule has 0 rings (SSSR count). The van der Waals surface area contributed by atoms with E-state index >= 15 is 0 Å². The van der Waals surface area contributed by atoms with Crippen LogP contribution in [0.25, 0.3) is 0 Å². The van der Waals surface area contributed by atoms with E-state index in [0.717, 1.165) is 0 Å². The second kappa shape index (κ2) is 3.68. The van der Waals surface area contributed by atoms with Gasteiger partial charge in [-0.05, 0) is 0 Å². The van der Waals surface area contributed by atoms with Gasteiger partial charge in [-0.1, -0.05) is 24.7 Å². The molecule has 0 saturated heterocycles. The molecule has 1 nitrogen and oxygen atoms in total. The van der Waals surface area contributed by atoms with E-state index in [1.54, 1.807) is 0 Å². The maximum absolute atomic E-state index is 5.53. The van der Waals surface area contributed by atoms with E-state index in [1.807, 2.05) is 0 Å². The van der Waals surface area contributed by atoms with Crippen molar-refractivity contribution in [3.8, 4) is 0 Å². The van der Waals surface area contributed by atoms with Crippen molar-refractivity contribution in [2.24, 2.45) is 0 Å². The molecule has 0 fully saturated rings. The molecule has 0 aliphatic heterocycles. The fourth-order valence-corrected chi connectivity index (χ4v) is 4.90. The topological polar surface area (TPSA) is 9.23 Å². The second-order valence-corrected chi connectivity index (χ2v) is 7.52. The standard InChI is InChI=1S/C2H7OSi.2CH3.Al/c1-4(2)3;;;/h4H,1-2H3;2*1H3;/q-1;;;+1. The van der Waals surface area contributed by atoms with Gasteiger partial charge in [0.05, 0.1) is 0 Å². The molecule has 0 amide bonds. The van der Waals surface area contributed by atoms with Crippen LogP contribution < -0.4 is 0 Å². The lowest BCUT2D eigenvalue weighted by atomic mass is 11.9. The minimum Gasteiger partial charge on any atom is -0.548 e. The minimum absolute atomic E-state index is 0.667. The molecule has 0 atom stereocenters. The van der Waals surface area contributed by atoms with E-state index < -0.39 is 23.5 Å². The van der Waals surface area contributed by atoms with E-state index in [4.69, 9.17) is 3.48 Å². The van der Waals surface area contributed by atoms with Crippen molar-refractivity contribution < 1.29 is 3.48 Å². The normalized spacial score (nSPS) is 9.86. The van der Waals surface area contributed by atoms with Gasteiger partial charge in [0.2, 0.25) is 0 Å². The highest BCUT2D eigenvalue weighted by Crippen LogP contribution is 1.87. The molecule has 42 valence electrons. The van der Waals surface area contributed by atoms with Crippen LogP contribution in [0.3, 0.4) is 0 Å². The summed E-state index contributed by atoms with van der Waals surface area (Å²) in [5.41, 5.74) is 0. The molecule has 0 unspecified atom stereocenters. The molecule has 0 aromatic heterocycles. The first kappa shape index (κ1) is 7.71. The number of hydrogen-bond donors (Lipinski definition) is 0. The Bertz CT molecular complexity index is 41.0. The van der Waals surface area contributed by atoms with Crippen LogP contribution >= 0.6 is 0 Å². The van der Waals surface area contributed by atoms with Crippen molar-refractivity contribution in [1.82, 2.24) is 0 Å². The first-order chi connectivity index (χ1) is 3.13. The molecule has 0 N–H and O–H groups in total. The van der Waals surface area contributed by atoms with E-state index in [-0.39, 0.29) is 0 Å². The zero-order valence-electron chi connectivity index (χ0n) is 5.56. The molecule has 0 heterocycles. The van der Waals surface area contributed by atoms with E-state index in [1.165, 1.54) is 0 Å². The SMILES string of the molecule is [CH3][Al]([CH3])[O][SiH](C)C. The largest absolute Gasteiger partial charge is 0.548 e. The Hall–Kier alpha value is 0.709. The molecule has 0 bridgehead atoms. The predicted molar refractivity (Wildman–Crippen MR) is 37.4 cm³/mol. The van der Waals surface area contributed by atoms with Gasteiger partial charge in [-0.2, -0.15) is 0 Å². The predicted octanol–water partition coefficient (Wildman–Crippen LogP) is 1.24. The fraction of sp³-hybridized carbons (Fsp3) is 1.00. The van der Waals surface area contributed by atoms with Crippen molar-refractivity contribution in [1.29, 1.82) is 0 Å². The zero-order chi connectivity index (χ0) is 5.86. The molecule has 0 aromatic rings. The summed E-state index contributed by atoms with van der Waals surface area (Å²) in [6, 6.07) is 0. The van der Waals surface area contributed by atoms with Crippen LogP contribution in [0.2, 0.25) is 24.7 Å². The van der Waals surface area contributed by atoms with Crippen LogP contribution in [0.4, 0.5) is 0 Å². The first-order valence-electron chi connectivity index (χ1n) is 2.78. The average Bonchev–Trinajstić information content (AvgIpc) is 1.27. The van der Waals surface area contributed by atoms with Crippen molar-refractivity contribution in [3.63, 3.8) is 0 Å². The molecule has 0 saturated carbocycles. The molecule has 0 aliphatic carbocycles. The molecule has 0 aromatic carbocycles. The van der Waals surface area contributed by atoms with Crippen LogP contribution in [0.1, 0.15) is 0 Å². The number of rotatable bonds is 2. The lowest BCUT2D eigenvalue weighted by Gasteiger charge is -2.06. The molecule has 0 spiro atoms. The fourth-order valence-electron chi connectivity index (χ4n) is 0.544. The van der Waals surface area contributed by atoms with E-state index in [9.17, 15) is 0 Å². The van der Waals surface area contributed by atoms with Crippen molar-refractivity contribution in [2.45, 2.75) is 24.7 Å². The highest BCUT2D eigenvalue weighted by atomic mass is 28.3. The Balaban J connectivity index is 2.95. The summed E-state index contributed by atoms with van der Waals surface area (Å²) >= 11 is -0.667. The van der Waals surface area contributed by atoms with Gasteiger partial charge in [0.15, 0.2) is 0 Å². The third kappa shape index (κ3) is 6.71. The van der Waals surface area contributed by atoms with E-state index in [2.05, 4.69) is 24.7 Å². The average molecular weight is 132 g/mol. The van der Waals surface area contributed by atoms with Gasteiger partial charge in [-0.3, -0.25) is 0 Å². The summed E-state index contributed by atoms with van der Waals surface area (Å²) in [7, 11) is -0.667. The van der Waals surface area contributed by atoms with Crippen molar-refractivity contribution in [3.05, 3.63) is 0 Å². The van der Waals surface area contributed by atoms with Crippen LogP contribution in [0.5, 0.6) is 0 Å². The zero-order valence-corrected chi connectivity index (χ0v) is 7.87. The van der Waals surface area contributed by atoms with Crippen LogP contribution in [0, 0.1) is 0 Å². The number of hydrogen-bond acceptors (Lipinski definition) is 1. The van der Waals surface area contributed by atoms with Crippen molar-refractivity contribution >= 4 is 23.5 Å². The van der Waals surface area contributed by atoms with E-state index in [0.29, 0.717) is 0 Å². The molecular formula is C4H13AlOSi. The lowest BCUT2D eigenvalue weighted by molar-refractivity contribution is 0.608. The summed E-state index contributed by atoms with van der Waals surface area (Å²) in [6.07, 6.45) is 0. The quantitative estimate of drug-likeness (QED) is 0.514. The monoisotopic (exact) mass is 132 g/mol. The Morgan fingerprint density at radius 2 is 1.71 bits per heavy atom. The van der Waals surface area contributed by atoms with Gasteiger partial charge in [0.1, 0.15) is 9.04 Å².